The predicted octanol–water partition coefficient (Wildman–Crippen LogP) is 4.07. The normalized spacial score (nSPS) is 14.3. The third-order valence-electron chi connectivity index (χ3n) is 1.33. The van der Waals surface area contributed by atoms with Gasteiger partial charge < -0.3 is 0 Å². The Labute approximate surface area is 122 Å². The predicted molar refractivity (Wildman–Crippen MR) is 71.6 cm³/mol. The first-order chi connectivity index (χ1) is 7.41. The van der Waals surface area contributed by atoms with E-state index in [0.717, 1.165) is 0 Å². The molecule has 0 bridgehead atoms. The molecular formula is C10H12I2O2W. The van der Waals surface area contributed by atoms with E-state index in [1.807, 2.05) is 0 Å². The Morgan fingerprint density at radius 1 is 0.733 bits per heavy atom. The zero-order valence-corrected chi connectivity index (χ0v) is 15.4. The zero-order chi connectivity index (χ0) is 12.4. The van der Waals surface area contributed by atoms with E-state index in [0.29, 0.717) is 0 Å². The first-order valence-corrected chi connectivity index (χ1v) is 20.7. The summed E-state index contributed by atoms with van der Waals surface area (Å²) in [6.45, 7) is 9.00. The summed E-state index contributed by atoms with van der Waals surface area (Å²) < 4.78 is 15.0. The molecule has 0 saturated heterocycles. The first-order valence-electron chi connectivity index (χ1n) is 4.02. The van der Waals surface area contributed by atoms with Crippen LogP contribution < -0.4 is 0 Å². The van der Waals surface area contributed by atoms with Crippen molar-refractivity contribution in [1.82, 2.24) is 0 Å². The average Bonchev–Trinajstić information content (AvgIpc) is 2.24. The molecule has 1 rings (SSSR count). The van der Waals surface area contributed by atoms with Crippen molar-refractivity contribution in [3.63, 3.8) is 0 Å². The molecule has 2 nitrogen and oxygen atoms in total. The maximum absolute atomic E-state index is 7.50. The molecule has 0 amide bonds. The Morgan fingerprint density at radius 2 is 0.867 bits per heavy atom. The molecule has 0 heterocycles. The molecule has 84 valence electrons. The van der Waals surface area contributed by atoms with E-state index in [-0.39, 0.29) is 11.2 Å². The van der Waals surface area contributed by atoms with E-state index in [2.05, 4.69) is 77.7 Å². The molecule has 15 heavy (non-hydrogen) atoms. The van der Waals surface area contributed by atoms with Gasteiger partial charge in [-0.05, 0) is 51.4 Å². The molecule has 1 aliphatic rings. The monoisotopic (exact) mass is 602 g/mol. The van der Waals surface area contributed by atoms with Gasteiger partial charge in [-0.2, -0.15) is 0 Å². The molecule has 0 aromatic rings. The Bertz CT molecular complexity index is 99.1. The summed E-state index contributed by atoms with van der Waals surface area (Å²) in [7, 11) is 0. The van der Waals surface area contributed by atoms with Gasteiger partial charge in [0.1, 0.15) is 0 Å². The molecule has 0 aliphatic heterocycles. The number of rotatable bonds is 0. The summed E-state index contributed by atoms with van der Waals surface area (Å²) in [5.74, 6) is 0. The number of hydrogen-bond donors (Lipinski definition) is 0. The molecule has 0 spiro atoms. The third-order valence-corrected chi connectivity index (χ3v) is 1.33. The van der Waals surface area contributed by atoms with Gasteiger partial charge in [-0.15, -0.1) is 0 Å². The second-order valence-corrected chi connectivity index (χ2v) is 23.6. The van der Waals surface area contributed by atoms with Crippen LogP contribution in [0.4, 0.5) is 0 Å². The van der Waals surface area contributed by atoms with Crippen molar-refractivity contribution in [2.75, 3.05) is 0 Å². The van der Waals surface area contributed by atoms with Crippen molar-refractivity contribution in [2.24, 2.45) is 0 Å². The molecule has 0 atom stereocenters. The van der Waals surface area contributed by atoms with Gasteiger partial charge in [0, 0.05) is 0 Å². The van der Waals surface area contributed by atoms with Crippen molar-refractivity contribution in [3.05, 3.63) is 39.0 Å². The second kappa shape index (κ2) is 29.6. The first kappa shape index (κ1) is 21.9. The summed E-state index contributed by atoms with van der Waals surface area (Å²) in [6, 6.07) is 0. The van der Waals surface area contributed by atoms with Crippen LogP contribution in [0.2, 0.25) is 0 Å². The molecule has 4 radical (unpaired) electrons. The molecule has 5 heteroatoms. The Kier molecular flexibility index (Phi) is 43.2. The fourth-order valence-corrected chi connectivity index (χ4v) is 0.856. The molecule has 0 unspecified atom stereocenters. The summed E-state index contributed by atoms with van der Waals surface area (Å²) >= 11 is 5.07. The van der Waals surface area contributed by atoms with Crippen LogP contribution in [0.15, 0.2) is 0 Å². The standard InChI is InChI=1S/C8H12.2CO.2HI.W/c1-2-4-6-8-7-5-3-1;2*1-2;;;/h1-2,7-8H,3-6H2;;;2*1H;/q;;;;;+2/p-2. The number of hydrogen-bond acceptors (Lipinski definition) is 0. The Balaban J connectivity index is -0.000000176. The van der Waals surface area contributed by atoms with Gasteiger partial charge in [-0.3, -0.25) is 0 Å². The Hall–Kier alpha value is 1.63. The molecule has 0 N–H and O–H groups in total. The number of halogens is 2. The molecule has 1 aliphatic carbocycles. The zero-order valence-electron chi connectivity index (χ0n) is 8.12. The fourth-order valence-electron chi connectivity index (χ4n) is 0.856. The molecule has 0 aromatic carbocycles. The van der Waals surface area contributed by atoms with E-state index in [4.69, 9.17) is 9.30 Å². The average molecular weight is 602 g/mol. The third kappa shape index (κ3) is 31.3. The van der Waals surface area contributed by atoms with Crippen molar-refractivity contribution in [3.8, 4) is 0 Å². The summed E-state index contributed by atoms with van der Waals surface area (Å²) in [5.41, 5.74) is 0. The SMILES string of the molecule is [C-]#[O+].[C-]#[O+].[CH]1[CH]CC[CH][CH]CC1.[I][W][I]. The van der Waals surface area contributed by atoms with E-state index in [9.17, 15) is 0 Å². The van der Waals surface area contributed by atoms with Crippen LogP contribution in [0.1, 0.15) is 25.7 Å². The molecule has 1 fully saturated rings. The van der Waals surface area contributed by atoms with Crippen LogP contribution in [0.3, 0.4) is 0 Å². The summed E-state index contributed by atoms with van der Waals surface area (Å²) in [5, 5.41) is 0. The second-order valence-electron chi connectivity index (χ2n) is 2.16. The van der Waals surface area contributed by atoms with Gasteiger partial charge in [0.25, 0.3) is 0 Å². The van der Waals surface area contributed by atoms with Gasteiger partial charge in [0.2, 0.25) is 0 Å². The fraction of sp³-hybridized carbons (Fsp3) is 0.400. The Morgan fingerprint density at radius 3 is 1.00 bits per heavy atom. The van der Waals surface area contributed by atoms with Crippen LogP contribution in [-0.2, 0) is 20.5 Å². The summed E-state index contributed by atoms with van der Waals surface area (Å²) in [6.07, 6.45) is 14.0. The van der Waals surface area contributed by atoms with Crippen molar-refractivity contribution >= 4 is 38.7 Å². The van der Waals surface area contributed by atoms with Crippen LogP contribution in [-0.4, -0.2) is 0 Å². The van der Waals surface area contributed by atoms with Crippen LogP contribution >= 0.6 is 38.7 Å². The van der Waals surface area contributed by atoms with Gasteiger partial charge in [0.05, 0.1) is 0 Å². The van der Waals surface area contributed by atoms with Crippen LogP contribution in [0.25, 0.3) is 0 Å². The van der Waals surface area contributed by atoms with E-state index >= 15 is 0 Å². The van der Waals surface area contributed by atoms with Gasteiger partial charge in [-0.1, -0.05) is 0 Å². The minimum absolute atomic E-state index is 0.190. The van der Waals surface area contributed by atoms with Crippen molar-refractivity contribution < 1.29 is 20.5 Å². The van der Waals surface area contributed by atoms with Crippen LogP contribution in [0, 0.1) is 39.0 Å². The molecular weight excluding hydrogens is 590 g/mol. The van der Waals surface area contributed by atoms with E-state index in [1.54, 1.807) is 0 Å². The topological polar surface area (TPSA) is 39.8 Å². The molecule has 0 aromatic heterocycles. The van der Waals surface area contributed by atoms with Crippen LogP contribution in [0.5, 0.6) is 0 Å². The van der Waals surface area contributed by atoms with E-state index < -0.39 is 0 Å². The van der Waals surface area contributed by atoms with Crippen molar-refractivity contribution in [1.29, 1.82) is 0 Å². The quantitative estimate of drug-likeness (QED) is 0.228. The summed E-state index contributed by atoms with van der Waals surface area (Å²) in [4.78, 5) is 0. The molecule has 1 saturated carbocycles. The van der Waals surface area contributed by atoms with Gasteiger partial charge in [0.15, 0.2) is 0 Å². The van der Waals surface area contributed by atoms with Crippen molar-refractivity contribution in [2.45, 2.75) is 25.7 Å². The minimum atomic E-state index is 0.190. The van der Waals surface area contributed by atoms with Gasteiger partial charge >= 0.3 is 72.5 Å². The maximum atomic E-state index is 7.50. The van der Waals surface area contributed by atoms with E-state index in [1.165, 1.54) is 25.7 Å². The van der Waals surface area contributed by atoms with Gasteiger partial charge in [-0.25, -0.2) is 0 Å².